The van der Waals surface area contributed by atoms with Crippen LogP contribution in [0.4, 0.5) is 4.79 Å². The van der Waals surface area contributed by atoms with Gasteiger partial charge in [-0.05, 0) is 39.7 Å². The van der Waals surface area contributed by atoms with E-state index in [0.29, 0.717) is 0 Å². The van der Waals surface area contributed by atoms with Gasteiger partial charge in [0.05, 0.1) is 5.71 Å². The summed E-state index contributed by atoms with van der Waals surface area (Å²) in [6.45, 7) is 9.48. The van der Waals surface area contributed by atoms with E-state index >= 15 is 0 Å². The molecule has 1 N–H and O–H groups in total. The van der Waals surface area contributed by atoms with Crippen LogP contribution in [0.1, 0.15) is 45.2 Å². The monoisotopic (exact) mass is 262 g/mol. The minimum atomic E-state index is -0.537. The second-order valence-electron chi connectivity index (χ2n) is 5.39. The van der Waals surface area contributed by atoms with E-state index in [1.165, 1.54) is 5.56 Å². The summed E-state index contributed by atoms with van der Waals surface area (Å²) >= 11 is 0. The molecular weight excluding hydrogens is 240 g/mol. The predicted molar refractivity (Wildman–Crippen MR) is 77.4 cm³/mol. The third-order valence-corrected chi connectivity index (χ3v) is 2.40. The number of nitrogens with one attached hydrogen (secondary N) is 1. The zero-order valence-electron chi connectivity index (χ0n) is 12.3. The van der Waals surface area contributed by atoms with Crippen LogP contribution in [0.3, 0.4) is 0 Å². The number of hydrazone groups is 1. The van der Waals surface area contributed by atoms with Crippen LogP contribution in [0.5, 0.6) is 0 Å². The van der Waals surface area contributed by atoms with E-state index in [9.17, 15) is 4.79 Å². The number of rotatable bonds is 3. The Kier molecular flexibility index (Phi) is 5.10. The molecule has 19 heavy (non-hydrogen) atoms. The van der Waals surface area contributed by atoms with Crippen molar-refractivity contribution in [1.29, 1.82) is 0 Å². The molecule has 0 unspecified atom stereocenters. The van der Waals surface area contributed by atoms with Gasteiger partial charge in [-0.3, -0.25) is 0 Å². The van der Waals surface area contributed by atoms with Crippen molar-refractivity contribution >= 4 is 11.8 Å². The minimum Gasteiger partial charge on any atom is -0.443 e. The quantitative estimate of drug-likeness (QED) is 0.668. The van der Waals surface area contributed by atoms with Crippen LogP contribution in [0.15, 0.2) is 29.4 Å². The molecule has 0 aliphatic heterocycles. The second-order valence-corrected chi connectivity index (χ2v) is 5.39. The fourth-order valence-corrected chi connectivity index (χ4v) is 1.51. The van der Waals surface area contributed by atoms with Gasteiger partial charge in [0.1, 0.15) is 5.60 Å². The first-order valence-corrected chi connectivity index (χ1v) is 6.44. The molecule has 1 rings (SSSR count). The van der Waals surface area contributed by atoms with Crippen LogP contribution >= 0.6 is 0 Å². The first-order valence-electron chi connectivity index (χ1n) is 6.44. The lowest BCUT2D eigenvalue weighted by Gasteiger charge is -2.18. The number of ether oxygens (including phenoxy) is 1. The molecule has 0 saturated heterocycles. The summed E-state index contributed by atoms with van der Waals surface area (Å²) in [5, 5.41) is 4.12. The van der Waals surface area contributed by atoms with E-state index < -0.39 is 11.7 Å². The zero-order chi connectivity index (χ0) is 14.5. The number of aryl methyl sites for hydroxylation is 1. The lowest BCUT2D eigenvalue weighted by atomic mass is 10.1. The Morgan fingerprint density at radius 2 is 1.84 bits per heavy atom. The second kappa shape index (κ2) is 6.36. The number of nitrogens with zero attached hydrogens (tertiary/aromatic N) is 1. The molecular formula is C15H22N2O2. The normalized spacial score (nSPS) is 12.2. The van der Waals surface area contributed by atoms with E-state index in [1.807, 2.05) is 58.9 Å². The lowest BCUT2D eigenvalue weighted by molar-refractivity contribution is 0.0529. The Balaban J connectivity index is 2.72. The maximum atomic E-state index is 11.5. The maximum absolute atomic E-state index is 11.5. The molecule has 0 aromatic heterocycles. The highest BCUT2D eigenvalue weighted by molar-refractivity contribution is 6.00. The number of carbonyl (C=O) groups excluding carboxylic acids is 1. The van der Waals surface area contributed by atoms with E-state index in [-0.39, 0.29) is 0 Å². The van der Waals surface area contributed by atoms with Gasteiger partial charge in [0, 0.05) is 0 Å². The maximum Gasteiger partial charge on any atom is 0.428 e. The molecule has 4 heteroatoms. The van der Waals surface area contributed by atoms with Crippen molar-refractivity contribution in [3.05, 3.63) is 35.4 Å². The number of benzene rings is 1. The highest BCUT2D eigenvalue weighted by atomic mass is 16.6. The van der Waals surface area contributed by atoms with Gasteiger partial charge >= 0.3 is 6.09 Å². The number of hydrogen-bond acceptors (Lipinski definition) is 3. The van der Waals surface area contributed by atoms with Crippen molar-refractivity contribution in [3.8, 4) is 0 Å². The first kappa shape index (κ1) is 15.2. The van der Waals surface area contributed by atoms with Crippen molar-refractivity contribution in [1.82, 2.24) is 5.43 Å². The van der Waals surface area contributed by atoms with E-state index in [2.05, 4.69) is 10.5 Å². The Morgan fingerprint density at radius 1 is 1.26 bits per heavy atom. The van der Waals surface area contributed by atoms with Gasteiger partial charge < -0.3 is 4.74 Å². The van der Waals surface area contributed by atoms with Crippen molar-refractivity contribution < 1.29 is 9.53 Å². The van der Waals surface area contributed by atoms with Crippen molar-refractivity contribution in [2.24, 2.45) is 5.10 Å². The van der Waals surface area contributed by atoms with Gasteiger partial charge in [-0.25, -0.2) is 10.2 Å². The van der Waals surface area contributed by atoms with Gasteiger partial charge in [-0.2, -0.15) is 5.10 Å². The molecule has 0 heterocycles. The SMILES string of the molecule is CC/C(=N/NC(=O)OC(C)(C)C)c1ccc(C)cc1. The van der Waals surface area contributed by atoms with Crippen molar-refractivity contribution in [2.75, 3.05) is 0 Å². The van der Waals surface area contributed by atoms with Crippen molar-refractivity contribution in [3.63, 3.8) is 0 Å². The first-order chi connectivity index (χ1) is 8.81. The van der Waals surface area contributed by atoms with Gasteiger partial charge in [-0.15, -0.1) is 0 Å². The highest BCUT2D eigenvalue weighted by Crippen LogP contribution is 2.08. The average molecular weight is 262 g/mol. The van der Waals surface area contributed by atoms with Crippen LogP contribution in [-0.4, -0.2) is 17.4 Å². The minimum absolute atomic E-state index is 0.518. The summed E-state index contributed by atoms with van der Waals surface area (Å²) < 4.78 is 5.13. The molecule has 0 atom stereocenters. The standard InChI is InChI=1S/C15H22N2O2/c1-6-13(12-9-7-11(2)8-10-12)16-17-14(18)19-15(3,4)5/h7-10H,6H2,1-5H3,(H,17,18)/b16-13-. The molecule has 0 aliphatic rings. The molecule has 0 spiro atoms. The molecule has 1 aromatic carbocycles. The van der Waals surface area contributed by atoms with Gasteiger partial charge in [-0.1, -0.05) is 36.8 Å². The van der Waals surface area contributed by atoms with Crippen LogP contribution in [0.25, 0.3) is 0 Å². The van der Waals surface area contributed by atoms with Gasteiger partial charge in [0.2, 0.25) is 0 Å². The molecule has 0 fully saturated rings. The summed E-state index contributed by atoms with van der Waals surface area (Å²) in [4.78, 5) is 11.5. The Hall–Kier alpha value is -1.84. The molecule has 0 aliphatic carbocycles. The molecule has 0 bridgehead atoms. The molecule has 0 saturated carbocycles. The van der Waals surface area contributed by atoms with Gasteiger partial charge in [0.15, 0.2) is 0 Å². The molecule has 1 amide bonds. The van der Waals surface area contributed by atoms with E-state index in [1.54, 1.807) is 0 Å². The van der Waals surface area contributed by atoms with Crippen LogP contribution < -0.4 is 5.43 Å². The largest absolute Gasteiger partial charge is 0.443 e. The summed E-state index contributed by atoms with van der Waals surface area (Å²) in [5.74, 6) is 0. The highest BCUT2D eigenvalue weighted by Gasteiger charge is 2.15. The van der Waals surface area contributed by atoms with Crippen LogP contribution in [0, 0.1) is 6.92 Å². The summed E-state index contributed by atoms with van der Waals surface area (Å²) in [5.41, 5.74) is 4.93. The van der Waals surface area contributed by atoms with E-state index in [0.717, 1.165) is 17.7 Å². The predicted octanol–water partition coefficient (Wildman–Crippen LogP) is 3.63. The Bertz CT molecular complexity index is 456. The lowest BCUT2D eigenvalue weighted by Crippen LogP contribution is -2.30. The summed E-state index contributed by atoms with van der Waals surface area (Å²) in [7, 11) is 0. The molecule has 0 radical (unpaired) electrons. The smallest absolute Gasteiger partial charge is 0.428 e. The molecule has 1 aromatic rings. The fraction of sp³-hybridized carbons (Fsp3) is 0.467. The number of hydrogen-bond donors (Lipinski definition) is 1. The van der Waals surface area contributed by atoms with Gasteiger partial charge in [0.25, 0.3) is 0 Å². The Labute approximate surface area is 114 Å². The Morgan fingerprint density at radius 3 is 2.32 bits per heavy atom. The number of carbonyl (C=O) groups is 1. The third-order valence-electron chi connectivity index (χ3n) is 2.40. The topological polar surface area (TPSA) is 50.7 Å². The summed E-state index contributed by atoms with van der Waals surface area (Å²) in [6.07, 6.45) is 0.198. The third kappa shape index (κ3) is 5.55. The summed E-state index contributed by atoms with van der Waals surface area (Å²) in [6, 6.07) is 8.03. The average Bonchev–Trinajstić information content (AvgIpc) is 2.29. The van der Waals surface area contributed by atoms with Crippen LogP contribution in [-0.2, 0) is 4.74 Å². The van der Waals surface area contributed by atoms with Crippen molar-refractivity contribution in [2.45, 2.75) is 46.6 Å². The molecule has 4 nitrogen and oxygen atoms in total. The zero-order valence-corrected chi connectivity index (χ0v) is 12.3. The number of amides is 1. The molecule has 104 valence electrons. The van der Waals surface area contributed by atoms with E-state index in [4.69, 9.17) is 4.74 Å². The fourth-order valence-electron chi connectivity index (χ4n) is 1.51. The van der Waals surface area contributed by atoms with Crippen LogP contribution in [0.2, 0.25) is 0 Å².